The molecule has 1 atom stereocenters. The van der Waals surface area contributed by atoms with Gasteiger partial charge in [0.1, 0.15) is 5.75 Å². The summed E-state index contributed by atoms with van der Waals surface area (Å²) in [5.41, 5.74) is 6.57. The number of benzene rings is 1. The third-order valence-corrected chi connectivity index (χ3v) is 1.99. The summed E-state index contributed by atoms with van der Waals surface area (Å²) in [5.74, 6) is 0.746. The van der Waals surface area contributed by atoms with E-state index in [4.69, 9.17) is 10.5 Å². The third kappa shape index (κ3) is 2.54. The largest absolute Gasteiger partial charge is 0.470 e. The van der Waals surface area contributed by atoms with Gasteiger partial charge in [0.15, 0.2) is 6.23 Å². The number of nitrogens with two attached hydrogens (primary N) is 1. The lowest BCUT2D eigenvalue weighted by Crippen LogP contribution is -2.18. The summed E-state index contributed by atoms with van der Waals surface area (Å²) in [6, 6.07) is 15.0. The van der Waals surface area contributed by atoms with E-state index in [2.05, 4.69) is 4.98 Å². The minimum absolute atomic E-state index is 0.520. The summed E-state index contributed by atoms with van der Waals surface area (Å²) < 4.78 is 5.52. The minimum atomic E-state index is -0.520. The molecular formula is C12H12N2O. The van der Waals surface area contributed by atoms with Crippen molar-refractivity contribution in [3.8, 4) is 5.75 Å². The lowest BCUT2D eigenvalue weighted by atomic mass is 10.3. The molecule has 0 radical (unpaired) electrons. The van der Waals surface area contributed by atoms with E-state index in [0.29, 0.717) is 0 Å². The average Bonchev–Trinajstić information content (AvgIpc) is 2.31. The second-order valence-electron chi connectivity index (χ2n) is 3.11. The third-order valence-electron chi connectivity index (χ3n) is 1.99. The summed E-state index contributed by atoms with van der Waals surface area (Å²) in [7, 11) is 0. The molecular weight excluding hydrogens is 188 g/mol. The standard InChI is InChI=1S/C12H12N2O/c13-12(11-8-4-5-9-14-11)15-10-6-2-1-3-7-10/h1-9,12H,13H2. The van der Waals surface area contributed by atoms with Crippen molar-refractivity contribution < 1.29 is 4.74 Å². The molecule has 3 nitrogen and oxygen atoms in total. The Morgan fingerprint density at radius 1 is 1.00 bits per heavy atom. The van der Waals surface area contributed by atoms with Crippen molar-refractivity contribution in [2.45, 2.75) is 6.23 Å². The van der Waals surface area contributed by atoms with Crippen LogP contribution in [0.1, 0.15) is 11.9 Å². The minimum Gasteiger partial charge on any atom is -0.470 e. The molecule has 0 saturated carbocycles. The van der Waals surface area contributed by atoms with Gasteiger partial charge in [-0.05, 0) is 24.3 Å². The fraction of sp³-hybridized carbons (Fsp3) is 0.0833. The van der Waals surface area contributed by atoms with Gasteiger partial charge in [-0.15, -0.1) is 0 Å². The van der Waals surface area contributed by atoms with E-state index in [0.717, 1.165) is 11.4 Å². The van der Waals surface area contributed by atoms with Gasteiger partial charge in [-0.2, -0.15) is 0 Å². The normalized spacial score (nSPS) is 12.1. The molecule has 0 spiro atoms. The van der Waals surface area contributed by atoms with Crippen LogP contribution in [0.15, 0.2) is 54.7 Å². The fourth-order valence-corrected chi connectivity index (χ4v) is 1.25. The van der Waals surface area contributed by atoms with E-state index in [1.165, 1.54) is 0 Å². The van der Waals surface area contributed by atoms with Crippen molar-refractivity contribution in [3.05, 3.63) is 60.4 Å². The van der Waals surface area contributed by atoms with E-state index in [1.54, 1.807) is 6.20 Å². The maximum Gasteiger partial charge on any atom is 0.190 e. The predicted molar refractivity (Wildman–Crippen MR) is 58.2 cm³/mol. The molecule has 0 aliphatic carbocycles. The van der Waals surface area contributed by atoms with Crippen molar-refractivity contribution in [1.82, 2.24) is 4.98 Å². The fourth-order valence-electron chi connectivity index (χ4n) is 1.25. The molecule has 1 heterocycles. The monoisotopic (exact) mass is 200 g/mol. The first-order valence-corrected chi connectivity index (χ1v) is 4.74. The van der Waals surface area contributed by atoms with Crippen molar-refractivity contribution >= 4 is 0 Å². The Morgan fingerprint density at radius 3 is 2.40 bits per heavy atom. The number of rotatable bonds is 3. The number of hydrogen-bond donors (Lipinski definition) is 1. The zero-order chi connectivity index (χ0) is 10.5. The zero-order valence-corrected chi connectivity index (χ0v) is 8.21. The molecule has 76 valence electrons. The van der Waals surface area contributed by atoms with E-state index in [9.17, 15) is 0 Å². The molecule has 1 aromatic heterocycles. The smallest absolute Gasteiger partial charge is 0.190 e. The molecule has 0 bridgehead atoms. The Balaban J connectivity index is 2.08. The van der Waals surface area contributed by atoms with Crippen LogP contribution >= 0.6 is 0 Å². The van der Waals surface area contributed by atoms with Crippen LogP contribution in [0.4, 0.5) is 0 Å². The van der Waals surface area contributed by atoms with Crippen molar-refractivity contribution in [3.63, 3.8) is 0 Å². The summed E-state index contributed by atoms with van der Waals surface area (Å²) >= 11 is 0. The van der Waals surface area contributed by atoms with Crippen molar-refractivity contribution in [2.75, 3.05) is 0 Å². The Morgan fingerprint density at radius 2 is 1.73 bits per heavy atom. The van der Waals surface area contributed by atoms with Gasteiger partial charge in [0.05, 0.1) is 5.69 Å². The van der Waals surface area contributed by atoms with Gasteiger partial charge in [0, 0.05) is 6.20 Å². The maximum absolute atomic E-state index is 5.84. The van der Waals surface area contributed by atoms with Gasteiger partial charge >= 0.3 is 0 Å². The van der Waals surface area contributed by atoms with Crippen LogP contribution < -0.4 is 10.5 Å². The second-order valence-corrected chi connectivity index (χ2v) is 3.11. The van der Waals surface area contributed by atoms with Crippen molar-refractivity contribution in [2.24, 2.45) is 5.73 Å². The lowest BCUT2D eigenvalue weighted by molar-refractivity contribution is 0.209. The topological polar surface area (TPSA) is 48.1 Å². The quantitative estimate of drug-likeness (QED) is 0.772. The molecule has 0 amide bonds. The van der Waals surface area contributed by atoms with Gasteiger partial charge in [-0.1, -0.05) is 24.3 Å². The Labute approximate surface area is 88.5 Å². The summed E-state index contributed by atoms with van der Waals surface area (Å²) in [6.07, 6.45) is 1.18. The van der Waals surface area contributed by atoms with Crippen LogP contribution in [-0.4, -0.2) is 4.98 Å². The number of hydrogen-bond acceptors (Lipinski definition) is 3. The highest BCUT2D eigenvalue weighted by Gasteiger charge is 2.07. The zero-order valence-electron chi connectivity index (χ0n) is 8.21. The highest BCUT2D eigenvalue weighted by atomic mass is 16.5. The average molecular weight is 200 g/mol. The van der Waals surface area contributed by atoms with Gasteiger partial charge in [-0.25, -0.2) is 0 Å². The lowest BCUT2D eigenvalue weighted by Gasteiger charge is -2.13. The number of aromatic nitrogens is 1. The highest BCUT2D eigenvalue weighted by molar-refractivity contribution is 5.22. The first kappa shape index (κ1) is 9.68. The van der Waals surface area contributed by atoms with Crippen LogP contribution in [0.25, 0.3) is 0 Å². The number of ether oxygens (including phenoxy) is 1. The molecule has 0 aliphatic rings. The summed E-state index contributed by atoms with van der Waals surface area (Å²) in [4.78, 5) is 4.12. The molecule has 1 aromatic carbocycles. The molecule has 0 aliphatic heterocycles. The van der Waals surface area contributed by atoms with E-state index < -0.39 is 6.23 Å². The first-order chi connectivity index (χ1) is 7.36. The summed E-state index contributed by atoms with van der Waals surface area (Å²) in [6.45, 7) is 0. The molecule has 0 fully saturated rings. The Hall–Kier alpha value is -1.87. The summed E-state index contributed by atoms with van der Waals surface area (Å²) in [5, 5.41) is 0. The number of pyridine rings is 1. The molecule has 2 N–H and O–H groups in total. The van der Waals surface area contributed by atoms with E-state index in [-0.39, 0.29) is 0 Å². The SMILES string of the molecule is NC(Oc1ccccc1)c1ccccn1. The molecule has 2 rings (SSSR count). The van der Waals surface area contributed by atoms with Crippen LogP contribution in [-0.2, 0) is 0 Å². The molecule has 1 unspecified atom stereocenters. The molecule has 0 saturated heterocycles. The van der Waals surface area contributed by atoms with Gasteiger partial charge in [-0.3, -0.25) is 10.7 Å². The van der Waals surface area contributed by atoms with E-state index in [1.807, 2.05) is 48.5 Å². The Bertz CT molecular complexity index is 402. The van der Waals surface area contributed by atoms with Crippen LogP contribution in [0.3, 0.4) is 0 Å². The molecule has 3 heteroatoms. The van der Waals surface area contributed by atoms with Crippen LogP contribution in [0.2, 0.25) is 0 Å². The van der Waals surface area contributed by atoms with Crippen LogP contribution in [0.5, 0.6) is 5.75 Å². The van der Waals surface area contributed by atoms with Gasteiger partial charge in [0.2, 0.25) is 0 Å². The highest BCUT2D eigenvalue weighted by Crippen LogP contribution is 2.15. The first-order valence-electron chi connectivity index (χ1n) is 4.74. The number of para-hydroxylation sites is 1. The maximum atomic E-state index is 5.84. The van der Waals surface area contributed by atoms with Gasteiger partial charge in [0.25, 0.3) is 0 Å². The number of nitrogens with zero attached hydrogens (tertiary/aromatic N) is 1. The van der Waals surface area contributed by atoms with Crippen LogP contribution in [0, 0.1) is 0 Å². The molecule has 2 aromatic rings. The van der Waals surface area contributed by atoms with Gasteiger partial charge < -0.3 is 4.74 Å². The Kier molecular flexibility index (Phi) is 2.95. The van der Waals surface area contributed by atoms with E-state index >= 15 is 0 Å². The molecule has 15 heavy (non-hydrogen) atoms. The second kappa shape index (κ2) is 4.57. The van der Waals surface area contributed by atoms with Crippen molar-refractivity contribution in [1.29, 1.82) is 0 Å². The predicted octanol–water partition coefficient (Wildman–Crippen LogP) is 2.12.